The molecule has 422 valence electrons. The van der Waals surface area contributed by atoms with Crippen LogP contribution in [0.4, 0.5) is 28.9 Å². The molecule has 0 aliphatic carbocycles. The standard InChI is InChI=1S/C38H39ClF2N10O3.C15H11BrClF2N5O.O2/c1-3-34(26(2)52)51-36(53)50(25-44-51)33-14-12-32(13-15-33)48-19-17-47(18-20-48)31-10-7-27(8-11-31)28-9-16-35(42-22-28)38(40,41)37(54,23-49-24-43-45-46-49)29-5-4-6-30(39)21-29;16-11-4-5-13(20-7-11)15(18,19)14(25,8-24-9-21-22-23-24)10-2-1-3-12(17)6-10;1-2/h4-16,21-22,24-26,34,52,54H,3,17-20,23H2,1-2H3;1-7,9,25H,8H2;/t26-,34-,37?;;/m0../s1. The summed E-state index contributed by atoms with van der Waals surface area (Å²) >= 11 is 15.2. The Morgan fingerprint density at radius 2 is 1.09 bits per heavy atom. The number of rotatable bonds is 17. The summed E-state index contributed by atoms with van der Waals surface area (Å²) < 4.78 is 68.5. The summed E-state index contributed by atoms with van der Waals surface area (Å²) in [6.45, 7) is 5.50. The van der Waals surface area contributed by atoms with Gasteiger partial charge in [0.1, 0.15) is 30.4 Å². The zero-order valence-corrected chi connectivity index (χ0v) is 46.1. The molecule has 1 aliphatic heterocycles. The van der Waals surface area contributed by atoms with Gasteiger partial charge in [0.05, 0.1) is 30.9 Å². The van der Waals surface area contributed by atoms with Crippen molar-refractivity contribution in [1.82, 2.24) is 64.7 Å². The molecule has 4 atom stereocenters. The predicted octanol–water partition coefficient (Wildman–Crippen LogP) is 8.31. The molecule has 3 N–H and O–H groups in total. The van der Waals surface area contributed by atoms with E-state index < -0.39 is 53.6 Å². The molecule has 1 aliphatic rings. The molecule has 10 rings (SSSR count). The summed E-state index contributed by atoms with van der Waals surface area (Å²) in [5.41, 5.74) is -2.88. The molecule has 5 aromatic heterocycles. The van der Waals surface area contributed by atoms with Crippen LogP contribution in [0.2, 0.25) is 10.0 Å². The lowest BCUT2D eigenvalue weighted by Crippen LogP contribution is -2.47. The maximum absolute atomic E-state index is 16.2. The quantitative estimate of drug-likeness (QED) is 0.0725. The van der Waals surface area contributed by atoms with Crippen LogP contribution in [-0.4, -0.2) is 112 Å². The number of alkyl halides is 4. The van der Waals surface area contributed by atoms with E-state index in [1.165, 1.54) is 88.6 Å². The summed E-state index contributed by atoms with van der Waals surface area (Å²) in [6.07, 6.45) is 6.28. The van der Waals surface area contributed by atoms with Gasteiger partial charge in [0.25, 0.3) is 0 Å². The van der Waals surface area contributed by atoms with Crippen LogP contribution in [0.5, 0.6) is 0 Å². The first-order valence-corrected chi connectivity index (χ1v) is 26.3. The van der Waals surface area contributed by atoms with Crippen LogP contribution in [0.25, 0.3) is 16.8 Å². The monoisotopic (exact) mass is 1220 g/mol. The second-order valence-corrected chi connectivity index (χ2v) is 20.5. The third-order valence-electron chi connectivity index (χ3n) is 13.7. The van der Waals surface area contributed by atoms with Crippen LogP contribution in [0.1, 0.15) is 48.8 Å². The van der Waals surface area contributed by atoms with Crippen molar-refractivity contribution in [3.8, 4) is 16.8 Å². The molecule has 0 amide bonds. The Labute approximate surface area is 477 Å². The Bertz CT molecular complexity index is 3530. The maximum atomic E-state index is 16.2. The van der Waals surface area contributed by atoms with Gasteiger partial charge in [-0.1, -0.05) is 72.6 Å². The van der Waals surface area contributed by atoms with Gasteiger partial charge in [-0.15, -0.1) is 10.2 Å². The van der Waals surface area contributed by atoms with Crippen molar-refractivity contribution in [1.29, 1.82) is 0 Å². The predicted molar refractivity (Wildman–Crippen MR) is 296 cm³/mol. The van der Waals surface area contributed by atoms with E-state index in [1.54, 1.807) is 13.0 Å². The van der Waals surface area contributed by atoms with E-state index in [-0.39, 0.29) is 32.9 Å². The highest BCUT2D eigenvalue weighted by molar-refractivity contribution is 9.10. The summed E-state index contributed by atoms with van der Waals surface area (Å²) in [6, 6.07) is 32.0. The van der Waals surface area contributed by atoms with Crippen molar-refractivity contribution in [2.24, 2.45) is 0 Å². The van der Waals surface area contributed by atoms with Crippen LogP contribution >= 0.6 is 39.1 Å². The molecule has 1 fully saturated rings. The van der Waals surface area contributed by atoms with Gasteiger partial charge in [-0.25, -0.2) is 23.4 Å². The normalized spacial score (nSPS) is 15.1. The lowest BCUT2D eigenvalue weighted by Gasteiger charge is -2.37. The number of hydrogen-bond donors (Lipinski definition) is 3. The van der Waals surface area contributed by atoms with E-state index >= 15 is 17.6 Å². The van der Waals surface area contributed by atoms with Gasteiger partial charge in [-0.2, -0.15) is 22.7 Å². The van der Waals surface area contributed by atoms with Crippen molar-refractivity contribution in [2.45, 2.75) is 68.6 Å². The summed E-state index contributed by atoms with van der Waals surface area (Å²) in [4.78, 5) is 39.4. The Kier molecular flexibility index (Phi) is 18.5. The van der Waals surface area contributed by atoms with Crippen molar-refractivity contribution >= 4 is 50.5 Å². The molecule has 0 saturated carbocycles. The molecule has 0 radical (unpaired) electrons. The first-order chi connectivity index (χ1) is 38.8. The zero-order chi connectivity index (χ0) is 58.1. The topological polar surface area (TPSA) is 254 Å². The number of hydrogen-bond acceptors (Lipinski definition) is 17. The molecule has 2 unspecified atom stereocenters. The third-order valence-corrected chi connectivity index (χ3v) is 14.6. The number of pyridine rings is 2. The van der Waals surface area contributed by atoms with Crippen LogP contribution in [0, 0.1) is 9.93 Å². The first-order valence-electron chi connectivity index (χ1n) is 24.8. The average molecular weight is 1220 g/mol. The Balaban J connectivity index is 0.000000266. The minimum absolute atomic E-state index is 0.0785. The van der Waals surface area contributed by atoms with E-state index in [9.17, 15) is 20.1 Å². The van der Waals surface area contributed by atoms with Crippen LogP contribution in [0.15, 0.2) is 162 Å². The second-order valence-electron chi connectivity index (χ2n) is 18.7. The molecular weight excluding hydrogens is 1170 g/mol. The number of aromatic nitrogens is 13. The number of aliphatic hydroxyl groups excluding tert-OH is 1. The largest absolute Gasteiger partial charge is 0.391 e. The molecule has 1 saturated heterocycles. The highest BCUT2D eigenvalue weighted by atomic mass is 79.9. The van der Waals surface area contributed by atoms with Crippen molar-refractivity contribution in [3.05, 3.63) is 210 Å². The van der Waals surface area contributed by atoms with E-state index in [1.807, 2.05) is 55.5 Å². The number of aliphatic hydroxyl groups is 3. The lowest BCUT2D eigenvalue weighted by atomic mass is 9.85. The molecule has 21 nitrogen and oxygen atoms in total. The number of nitrogens with zero attached hydrogens (tertiary/aromatic N) is 15. The lowest BCUT2D eigenvalue weighted by molar-refractivity contribution is -0.206. The van der Waals surface area contributed by atoms with E-state index in [0.717, 1.165) is 71.2 Å². The first kappa shape index (κ1) is 59.2. The van der Waals surface area contributed by atoms with Crippen LogP contribution in [0.3, 0.4) is 0 Å². The number of benzene rings is 4. The highest BCUT2D eigenvalue weighted by Gasteiger charge is 2.58. The summed E-state index contributed by atoms with van der Waals surface area (Å²) in [5, 5.41) is 58.4. The van der Waals surface area contributed by atoms with Gasteiger partial charge in [-0.05, 0) is 146 Å². The number of anilines is 2. The van der Waals surface area contributed by atoms with Gasteiger partial charge < -0.3 is 25.1 Å². The fourth-order valence-electron chi connectivity index (χ4n) is 9.30. The Morgan fingerprint density at radius 3 is 1.49 bits per heavy atom. The highest BCUT2D eigenvalue weighted by Crippen LogP contribution is 2.48. The smallest absolute Gasteiger partial charge is 0.350 e. The van der Waals surface area contributed by atoms with Crippen LogP contribution < -0.4 is 15.5 Å². The fraction of sp³-hybridized carbons (Fsp3) is 0.283. The summed E-state index contributed by atoms with van der Waals surface area (Å²) in [5.74, 6) is -7.60. The van der Waals surface area contributed by atoms with Crippen LogP contribution in [-0.2, 0) is 36.1 Å². The van der Waals surface area contributed by atoms with Gasteiger partial charge >= 0.3 is 17.5 Å². The third kappa shape index (κ3) is 12.7. The van der Waals surface area contributed by atoms with Gasteiger partial charge in [0.15, 0.2) is 11.2 Å². The van der Waals surface area contributed by atoms with Gasteiger partial charge in [-0.3, -0.25) is 9.97 Å². The maximum Gasteiger partial charge on any atom is 0.350 e. The minimum atomic E-state index is -3.85. The number of tetrazole rings is 2. The summed E-state index contributed by atoms with van der Waals surface area (Å²) in [7, 11) is 0. The number of halogens is 7. The molecular formula is C53H50BrCl2F4N15O6. The van der Waals surface area contributed by atoms with Crippen molar-refractivity contribution in [2.75, 3.05) is 36.0 Å². The Hall–Kier alpha value is -7.88. The fourth-order valence-corrected chi connectivity index (χ4v) is 9.91. The average Bonchev–Trinajstić information content (AvgIpc) is 4.35. The van der Waals surface area contributed by atoms with Gasteiger partial charge in [0.2, 0.25) is 0 Å². The molecule has 6 heterocycles. The molecule has 81 heavy (non-hydrogen) atoms. The van der Waals surface area contributed by atoms with E-state index in [4.69, 9.17) is 33.1 Å². The van der Waals surface area contributed by atoms with Crippen molar-refractivity contribution in [3.63, 3.8) is 0 Å². The van der Waals surface area contributed by atoms with E-state index in [0.29, 0.717) is 22.1 Å². The molecule has 0 bridgehead atoms. The van der Waals surface area contributed by atoms with Gasteiger partial charge in [0, 0.05) is 80.0 Å². The second kappa shape index (κ2) is 25.3. The molecule has 9 aromatic rings. The van der Waals surface area contributed by atoms with E-state index in [2.05, 4.69) is 71.8 Å². The minimum Gasteiger partial charge on any atom is -0.391 e. The van der Waals surface area contributed by atoms with Crippen molar-refractivity contribution < 1.29 is 32.9 Å². The molecule has 28 heteroatoms. The zero-order valence-electron chi connectivity index (χ0n) is 43.0. The SMILES string of the molecule is CC[C@@H]([C@H](C)O)n1ncn(-c2ccc(N3CCN(c4ccc(-c5ccc(C(F)(F)C(O)(Cn6cnnn6)c6cccc(Cl)c6)nc5)cc4)CC3)cc2)c1=O.O=O.OC(Cn1cnnn1)(c1cccc(Cl)c1)C(F)(F)c1ccc(Br)cn1. The molecule has 4 aromatic carbocycles. The molecule has 0 spiro atoms. The Morgan fingerprint density at radius 1 is 0.630 bits per heavy atom. The number of piperazine rings is 1.